The summed E-state index contributed by atoms with van der Waals surface area (Å²) in [5.41, 5.74) is 0. The van der Waals surface area contributed by atoms with Crippen molar-refractivity contribution in [3.8, 4) is 0 Å². The summed E-state index contributed by atoms with van der Waals surface area (Å²) in [5.74, 6) is 0. The maximum absolute atomic E-state index is 9.76. The molecule has 0 aliphatic heterocycles. The maximum atomic E-state index is 9.76. The van der Waals surface area contributed by atoms with E-state index in [9.17, 15) is 5.11 Å². The third kappa shape index (κ3) is 2.66. The first-order chi connectivity index (χ1) is 6.16. The molecule has 3 atom stereocenters. The molecule has 1 rings (SSSR count). The van der Waals surface area contributed by atoms with E-state index in [-0.39, 0.29) is 24.8 Å². The molecule has 0 saturated heterocycles. The van der Waals surface area contributed by atoms with Crippen molar-refractivity contribution in [2.75, 3.05) is 13.7 Å². The molecule has 0 amide bonds. The van der Waals surface area contributed by atoms with Crippen molar-refractivity contribution in [2.24, 2.45) is 0 Å². The second-order valence-corrected chi connectivity index (χ2v) is 4.12. The van der Waals surface area contributed by atoms with Gasteiger partial charge in [-0.1, -0.05) is 12.8 Å². The number of nitrogens with zero attached hydrogens (tertiary/aromatic N) is 1. The topological polar surface area (TPSA) is 43.7 Å². The minimum Gasteiger partial charge on any atom is -0.395 e. The summed E-state index contributed by atoms with van der Waals surface area (Å²) in [6.07, 6.45) is 4.10. The fraction of sp³-hybridized carbons (Fsp3) is 1.00. The molecule has 13 heavy (non-hydrogen) atoms. The first-order valence-electron chi connectivity index (χ1n) is 5.17. The molecule has 0 aromatic rings. The highest BCUT2D eigenvalue weighted by Gasteiger charge is 2.28. The minimum atomic E-state index is -0.201. The average Bonchev–Trinajstić information content (AvgIpc) is 2.16. The first kappa shape index (κ1) is 11.0. The molecule has 0 bridgehead atoms. The highest BCUT2D eigenvalue weighted by molar-refractivity contribution is 4.83. The zero-order valence-electron chi connectivity index (χ0n) is 8.61. The quantitative estimate of drug-likeness (QED) is 0.680. The number of hydrogen-bond acceptors (Lipinski definition) is 3. The summed E-state index contributed by atoms with van der Waals surface area (Å²) >= 11 is 0. The average molecular weight is 187 g/mol. The van der Waals surface area contributed by atoms with Gasteiger partial charge in [0.25, 0.3) is 0 Å². The minimum absolute atomic E-state index is 0.151. The number of aliphatic hydroxyl groups excluding tert-OH is 2. The molecule has 1 saturated carbocycles. The Labute approximate surface area is 80.4 Å². The van der Waals surface area contributed by atoms with Crippen molar-refractivity contribution in [2.45, 2.75) is 50.8 Å². The molecule has 0 spiro atoms. The predicted octanol–water partition coefficient (Wildman–Crippen LogP) is 0.602. The molecule has 1 fully saturated rings. The molecule has 3 nitrogen and oxygen atoms in total. The summed E-state index contributed by atoms with van der Waals surface area (Å²) in [6, 6.07) is 0.397. The van der Waals surface area contributed by atoms with E-state index in [1.165, 1.54) is 6.42 Å². The van der Waals surface area contributed by atoms with Gasteiger partial charge in [0.1, 0.15) is 0 Å². The predicted molar refractivity (Wildman–Crippen MR) is 52.6 cm³/mol. The zero-order chi connectivity index (χ0) is 9.84. The molecule has 78 valence electrons. The third-order valence-electron chi connectivity index (χ3n) is 3.18. The van der Waals surface area contributed by atoms with Crippen LogP contribution in [0.5, 0.6) is 0 Å². The van der Waals surface area contributed by atoms with Crippen LogP contribution in [0.25, 0.3) is 0 Å². The van der Waals surface area contributed by atoms with Gasteiger partial charge < -0.3 is 10.2 Å². The fourth-order valence-electron chi connectivity index (χ4n) is 2.02. The largest absolute Gasteiger partial charge is 0.395 e. The highest BCUT2D eigenvalue weighted by Crippen LogP contribution is 2.23. The van der Waals surface area contributed by atoms with Gasteiger partial charge in [0.05, 0.1) is 12.7 Å². The van der Waals surface area contributed by atoms with Crippen molar-refractivity contribution < 1.29 is 10.2 Å². The second-order valence-electron chi connectivity index (χ2n) is 4.12. The summed E-state index contributed by atoms with van der Waals surface area (Å²) in [6.45, 7) is 2.15. The van der Waals surface area contributed by atoms with E-state index in [4.69, 9.17) is 5.11 Å². The SMILES string of the molecule is CC(CO)N(C)[C@@H]1CCCC[C@H]1O. The van der Waals surface area contributed by atoms with Gasteiger partial charge in [-0.25, -0.2) is 0 Å². The van der Waals surface area contributed by atoms with Crippen molar-refractivity contribution in [3.63, 3.8) is 0 Å². The van der Waals surface area contributed by atoms with Gasteiger partial charge in [0, 0.05) is 12.1 Å². The molecule has 1 aliphatic carbocycles. The molecule has 1 aliphatic rings. The van der Waals surface area contributed by atoms with Crippen LogP contribution in [0.4, 0.5) is 0 Å². The first-order valence-corrected chi connectivity index (χ1v) is 5.17. The standard InChI is InChI=1S/C10H21NO2/c1-8(7-12)11(2)9-5-3-4-6-10(9)13/h8-10,12-13H,3-7H2,1-2H3/t8?,9-,10-/m1/s1. The summed E-state index contributed by atoms with van der Waals surface area (Å²) in [5, 5.41) is 18.8. The van der Waals surface area contributed by atoms with Crippen LogP contribution < -0.4 is 0 Å². The van der Waals surface area contributed by atoms with Gasteiger partial charge in [-0.15, -0.1) is 0 Å². The molecule has 0 heterocycles. The Morgan fingerprint density at radius 1 is 1.38 bits per heavy atom. The van der Waals surface area contributed by atoms with Crippen LogP contribution >= 0.6 is 0 Å². The Hall–Kier alpha value is -0.120. The number of rotatable bonds is 3. The summed E-state index contributed by atoms with van der Waals surface area (Å²) < 4.78 is 0. The van der Waals surface area contributed by atoms with Gasteiger partial charge >= 0.3 is 0 Å². The van der Waals surface area contributed by atoms with Crippen LogP contribution in [-0.2, 0) is 0 Å². The van der Waals surface area contributed by atoms with Gasteiger partial charge in [-0.2, -0.15) is 0 Å². The molecule has 3 heteroatoms. The molecule has 0 radical (unpaired) electrons. The fourth-order valence-corrected chi connectivity index (χ4v) is 2.02. The van der Waals surface area contributed by atoms with Crippen LogP contribution in [0.2, 0.25) is 0 Å². The van der Waals surface area contributed by atoms with E-state index in [0.29, 0.717) is 0 Å². The highest BCUT2D eigenvalue weighted by atomic mass is 16.3. The lowest BCUT2D eigenvalue weighted by Crippen LogP contribution is -2.48. The Kier molecular flexibility index (Phi) is 4.16. The van der Waals surface area contributed by atoms with E-state index in [1.54, 1.807) is 0 Å². The molecule has 0 aromatic carbocycles. The van der Waals surface area contributed by atoms with E-state index < -0.39 is 0 Å². The number of likely N-dealkylation sites (N-methyl/N-ethyl adjacent to an activating group) is 1. The van der Waals surface area contributed by atoms with Gasteiger partial charge in [-0.3, -0.25) is 4.90 Å². The molecule has 1 unspecified atom stereocenters. The van der Waals surface area contributed by atoms with E-state index >= 15 is 0 Å². The van der Waals surface area contributed by atoms with Crippen LogP contribution in [0.15, 0.2) is 0 Å². The van der Waals surface area contributed by atoms with Crippen LogP contribution in [0, 0.1) is 0 Å². The lowest BCUT2D eigenvalue weighted by molar-refractivity contribution is 0.00462. The second kappa shape index (κ2) is 4.94. The Bertz CT molecular complexity index is 152. The van der Waals surface area contributed by atoms with E-state index in [1.807, 2.05) is 14.0 Å². The third-order valence-corrected chi connectivity index (χ3v) is 3.18. The Balaban J connectivity index is 2.47. The van der Waals surface area contributed by atoms with Crippen LogP contribution in [-0.4, -0.2) is 47.0 Å². The number of hydrogen-bond donors (Lipinski definition) is 2. The summed E-state index contributed by atoms with van der Waals surface area (Å²) in [7, 11) is 1.99. The van der Waals surface area contributed by atoms with Crippen molar-refractivity contribution in [1.29, 1.82) is 0 Å². The zero-order valence-corrected chi connectivity index (χ0v) is 8.61. The molecule has 2 N–H and O–H groups in total. The summed E-state index contributed by atoms with van der Waals surface area (Å²) in [4.78, 5) is 2.10. The van der Waals surface area contributed by atoms with Gasteiger partial charge in [0.2, 0.25) is 0 Å². The molecular weight excluding hydrogens is 166 g/mol. The van der Waals surface area contributed by atoms with Crippen molar-refractivity contribution in [3.05, 3.63) is 0 Å². The Morgan fingerprint density at radius 2 is 2.00 bits per heavy atom. The van der Waals surface area contributed by atoms with E-state index in [0.717, 1.165) is 19.3 Å². The Morgan fingerprint density at radius 3 is 2.54 bits per heavy atom. The number of aliphatic hydroxyl groups is 2. The smallest absolute Gasteiger partial charge is 0.0695 e. The van der Waals surface area contributed by atoms with Crippen LogP contribution in [0.1, 0.15) is 32.6 Å². The van der Waals surface area contributed by atoms with Gasteiger partial charge in [0.15, 0.2) is 0 Å². The van der Waals surface area contributed by atoms with E-state index in [2.05, 4.69) is 4.90 Å². The van der Waals surface area contributed by atoms with Crippen molar-refractivity contribution >= 4 is 0 Å². The van der Waals surface area contributed by atoms with Crippen LogP contribution in [0.3, 0.4) is 0 Å². The maximum Gasteiger partial charge on any atom is 0.0695 e. The molecular formula is C10H21NO2. The lowest BCUT2D eigenvalue weighted by atomic mass is 9.91. The lowest BCUT2D eigenvalue weighted by Gasteiger charge is -2.38. The van der Waals surface area contributed by atoms with Crippen molar-refractivity contribution in [1.82, 2.24) is 4.90 Å². The monoisotopic (exact) mass is 187 g/mol. The van der Waals surface area contributed by atoms with Gasteiger partial charge in [-0.05, 0) is 26.8 Å². The normalized spacial score (nSPS) is 32.1. The molecule has 0 aromatic heterocycles.